The molecule has 0 aromatic heterocycles. The molecule has 1 aliphatic heterocycles. The summed E-state index contributed by atoms with van der Waals surface area (Å²) in [6.07, 6.45) is -1.07. The maximum absolute atomic E-state index is 13.1. The molecule has 0 bridgehead atoms. The number of fused-ring (bicyclic) bond motifs is 1. The number of benzene rings is 1. The molecule has 82 valence electrons. The van der Waals surface area contributed by atoms with Crippen molar-refractivity contribution in [1.29, 1.82) is 0 Å². The summed E-state index contributed by atoms with van der Waals surface area (Å²) in [6.45, 7) is 1.79. The number of hydroxylamine groups is 1. The Morgan fingerprint density at radius 3 is 3.00 bits per heavy atom. The van der Waals surface area contributed by atoms with E-state index in [2.05, 4.69) is 0 Å². The molecular weight excluding hydrogens is 201 g/mol. The number of halogens is 1. The molecular formula is C10H12FNO3. The first-order valence-corrected chi connectivity index (χ1v) is 4.66. The van der Waals surface area contributed by atoms with E-state index in [1.807, 2.05) is 5.48 Å². The average molecular weight is 213 g/mol. The number of hydrogen-bond acceptors (Lipinski definition) is 4. The summed E-state index contributed by atoms with van der Waals surface area (Å²) in [7, 11) is 0. The molecule has 1 atom stereocenters. The van der Waals surface area contributed by atoms with Gasteiger partial charge in [0, 0.05) is 12.1 Å². The Morgan fingerprint density at radius 2 is 2.33 bits per heavy atom. The van der Waals surface area contributed by atoms with Crippen LogP contribution in [0, 0.1) is 0 Å². The standard InChI is InChI=1S/C10H12FNO3/c1-6(11)7-2-8(4-12-13)10-9(3-7)14-5-15-10/h2-3,6,12-13H,4-5H2,1H3. The van der Waals surface area contributed by atoms with Gasteiger partial charge in [0.25, 0.3) is 0 Å². The van der Waals surface area contributed by atoms with E-state index in [9.17, 15) is 4.39 Å². The highest BCUT2D eigenvalue weighted by Crippen LogP contribution is 2.38. The highest BCUT2D eigenvalue weighted by Gasteiger charge is 2.20. The Hall–Kier alpha value is -1.33. The van der Waals surface area contributed by atoms with Crippen LogP contribution in [-0.2, 0) is 6.54 Å². The van der Waals surface area contributed by atoms with Crippen LogP contribution in [0.15, 0.2) is 12.1 Å². The molecule has 5 heteroatoms. The highest BCUT2D eigenvalue weighted by atomic mass is 19.1. The Bertz CT molecular complexity index is 368. The minimum atomic E-state index is -1.07. The number of nitrogens with one attached hydrogen (secondary N) is 1. The van der Waals surface area contributed by atoms with Gasteiger partial charge in [0.05, 0.1) is 0 Å². The van der Waals surface area contributed by atoms with Crippen LogP contribution in [0.4, 0.5) is 4.39 Å². The summed E-state index contributed by atoms with van der Waals surface area (Å²) in [5, 5.41) is 8.64. The Labute approximate surface area is 86.6 Å². The number of alkyl halides is 1. The zero-order valence-electron chi connectivity index (χ0n) is 8.29. The van der Waals surface area contributed by atoms with Crippen LogP contribution < -0.4 is 15.0 Å². The van der Waals surface area contributed by atoms with Crippen LogP contribution in [0.3, 0.4) is 0 Å². The van der Waals surface area contributed by atoms with E-state index in [4.69, 9.17) is 14.7 Å². The van der Waals surface area contributed by atoms with Gasteiger partial charge < -0.3 is 14.7 Å². The third kappa shape index (κ3) is 1.88. The lowest BCUT2D eigenvalue weighted by atomic mass is 10.1. The zero-order valence-corrected chi connectivity index (χ0v) is 8.29. The Morgan fingerprint density at radius 1 is 1.53 bits per heavy atom. The summed E-state index contributed by atoms with van der Waals surface area (Å²) < 4.78 is 23.5. The van der Waals surface area contributed by atoms with Crippen molar-refractivity contribution in [3.05, 3.63) is 23.3 Å². The fraction of sp³-hybridized carbons (Fsp3) is 0.400. The first kappa shape index (κ1) is 10.2. The second-order valence-electron chi connectivity index (χ2n) is 3.36. The summed E-state index contributed by atoms with van der Waals surface area (Å²) in [4.78, 5) is 0. The van der Waals surface area contributed by atoms with Gasteiger partial charge >= 0.3 is 0 Å². The molecule has 1 aromatic carbocycles. The SMILES string of the molecule is CC(F)c1cc(CNO)c2c(c1)OCO2. The van der Waals surface area contributed by atoms with Crippen molar-refractivity contribution in [2.24, 2.45) is 0 Å². The van der Waals surface area contributed by atoms with Gasteiger partial charge in [-0.25, -0.2) is 9.87 Å². The minimum Gasteiger partial charge on any atom is -0.454 e. The van der Waals surface area contributed by atoms with Crippen LogP contribution in [0.2, 0.25) is 0 Å². The molecule has 1 aromatic rings. The lowest BCUT2D eigenvalue weighted by Crippen LogP contribution is -2.07. The lowest BCUT2D eigenvalue weighted by molar-refractivity contribution is 0.155. The summed E-state index contributed by atoms with van der Waals surface area (Å²) in [6, 6.07) is 3.27. The van der Waals surface area contributed by atoms with Gasteiger partial charge in [0.2, 0.25) is 6.79 Å². The third-order valence-electron chi connectivity index (χ3n) is 2.30. The zero-order chi connectivity index (χ0) is 10.8. The molecule has 15 heavy (non-hydrogen) atoms. The van der Waals surface area contributed by atoms with Crippen molar-refractivity contribution in [2.45, 2.75) is 19.6 Å². The van der Waals surface area contributed by atoms with Crippen LogP contribution in [0.1, 0.15) is 24.2 Å². The van der Waals surface area contributed by atoms with Crippen molar-refractivity contribution in [3.63, 3.8) is 0 Å². The summed E-state index contributed by atoms with van der Waals surface area (Å²) in [5.41, 5.74) is 3.23. The molecule has 0 spiro atoms. The number of ether oxygens (including phenoxy) is 2. The van der Waals surface area contributed by atoms with Gasteiger partial charge in [-0.1, -0.05) is 0 Å². The van der Waals surface area contributed by atoms with Gasteiger partial charge in [-0.3, -0.25) is 0 Å². The van der Waals surface area contributed by atoms with Gasteiger partial charge in [0.15, 0.2) is 11.5 Å². The van der Waals surface area contributed by atoms with Gasteiger partial charge in [-0.05, 0) is 24.6 Å². The van der Waals surface area contributed by atoms with Crippen LogP contribution >= 0.6 is 0 Å². The van der Waals surface area contributed by atoms with Crippen molar-refractivity contribution in [1.82, 2.24) is 5.48 Å². The summed E-state index contributed by atoms with van der Waals surface area (Å²) >= 11 is 0. The Kier molecular flexibility index (Phi) is 2.75. The van der Waals surface area contributed by atoms with Crippen molar-refractivity contribution >= 4 is 0 Å². The predicted molar refractivity (Wildman–Crippen MR) is 50.7 cm³/mol. The van der Waals surface area contributed by atoms with Crippen LogP contribution in [0.5, 0.6) is 11.5 Å². The number of rotatable bonds is 3. The molecule has 0 radical (unpaired) electrons. The molecule has 4 nitrogen and oxygen atoms in total. The minimum absolute atomic E-state index is 0.137. The van der Waals surface area contributed by atoms with Gasteiger partial charge in [0.1, 0.15) is 6.17 Å². The maximum atomic E-state index is 13.1. The van der Waals surface area contributed by atoms with Crippen molar-refractivity contribution < 1.29 is 19.1 Å². The van der Waals surface area contributed by atoms with Crippen LogP contribution in [0.25, 0.3) is 0 Å². The second-order valence-corrected chi connectivity index (χ2v) is 3.36. The lowest BCUT2D eigenvalue weighted by Gasteiger charge is -2.09. The first-order chi connectivity index (χ1) is 7.22. The van der Waals surface area contributed by atoms with E-state index >= 15 is 0 Å². The predicted octanol–water partition coefficient (Wildman–Crippen LogP) is 1.92. The van der Waals surface area contributed by atoms with Gasteiger partial charge in [-0.15, -0.1) is 0 Å². The van der Waals surface area contributed by atoms with Gasteiger partial charge in [-0.2, -0.15) is 0 Å². The molecule has 0 saturated heterocycles. The summed E-state index contributed by atoms with van der Waals surface area (Å²) in [5.74, 6) is 1.10. The maximum Gasteiger partial charge on any atom is 0.231 e. The van der Waals surface area contributed by atoms with E-state index in [1.165, 1.54) is 6.92 Å². The van der Waals surface area contributed by atoms with E-state index in [-0.39, 0.29) is 13.3 Å². The number of hydrogen-bond donors (Lipinski definition) is 2. The molecule has 2 rings (SSSR count). The largest absolute Gasteiger partial charge is 0.454 e. The Balaban J connectivity index is 2.43. The average Bonchev–Trinajstić information content (AvgIpc) is 2.65. The van der Waals surface area contributed by atoms with Crippen molar-refractivity contribution in [3.8, 4) is 11.5 Å². The highest BCUT2D eigenvalue weighted by molar-refractivity contribution is 5.51. The van der Waals surface area contributed by atoms with E-state index in [0.29, 0.717) is 22.6 Å². The monoisotopic (exact) mass is 213 g/mol. The second kappa shape index (κ2) is 4.04. The fourth-order valence-corrected chi connectivity index (χ4v) is 1.55. The molecule has 0 fully saturated rings. The van der Waals surface area contributed by atoms with E-state index in [0.717, 1.165) is 0 Å². The van der Waals surface area contributed by atoms with E-state index in [1.54, 1.807) is 12.1 Å². The normalized spacial score (nSPS) is 15.4. The topological polar surface area (TPSA) is 50.7 Å². The molecule has 1 aliphatic rings. The molecule has 0 aliphatic carbocycles. The fourth-order valence-electron chi connectivity index (χ4n) is 1.55. The smallest absolute Gasteiger partial charge is 0.231 e. The van der Waals surface area contributed by atoms with E-state index < -0.39 is 6.17 Å². The first-order valence-electron chi connectivity index (χ1n) is 4.66. The molecule has 1 unspecified atom stereocenters. The molecule has 0 saturated carbocycles. The molecule has 1 heterocycles. The quantitative estimate of drug-likeness (QED) is 0.753. The molecule has 2 N–H and O–H groups in total. The third-order valence-corrected chi connectivity index (χ3v) is 2.30. The molecule has 0 amide bonds. The van der Waals surface area contributed by atoms with Crippen LogP contribution in [-0.4, -0.2) is 12.0 Å². The van der Waals surface area contributed by atoms with Crippen molar-refractivity contribution in [2.75, 3.05) is 6.79 Å².